The van der Waals surface area contributed by atoms with Crippen LogP contribution in [0.1, 0.15) is 40.2 Å². The first-order chi connectivity index (χ1) is 10.8. The molecule has 0 aromatic carbocycles. The maximum atomic E-state index is 5.40. The Morgan fingerprint density at radius 3 is 2.91 bits per heavy atom. The van der Waals surface area contributed by atoms with Gasteiger partial charge in [0.2, 0.25) is 0 Å². The van der Waals surface area contributed by atoms with Crippen molar-refractivity contribution in [3.8, 4) is 0 Å². The quantitative estimate of drug-likeness (QED) is 0.820. The Bertz CT molecular complexity index is 576. The number of likely N-dealkylation sites (N-methyl/N-ethyl adjacent to an activating group) is 1. The van der Waals surface area contributed by atoms with Crippen LogP contribution in [0.25, 0.3) is 0 Å². The van der Waals surface area contributed by atoms with Crippen LogP contribution < -0.4 is 0 Å². The van der Waals surface area contributed by atoms with E-state index in [1.165, 1.54) is 34.8 Å². The molecule has 3 rings (SSSR count). The predicted molar refractivity (Wildman–Crippen MR) is 89.1 cm³/mol. The van der Waals surface area contributed by atoms with E-state index in [0.717, 1.165) is 18.7 Å². The minimum absolute atomic E-state index is 0.159. The molecular formula is C17H23N3OS. The third-order valence-electron chi connectivity index (χ3n) is 4.16. The number of thiazole rings is 1. The molecular weight excluding hydrogens is 294 g/mol. The molecule has 2 heterocycles. The molecule has 1 aliphatic rings. The first-order valence-corrected chi connectivity index (χ1v) is 8.67. The molecule has 1 aliphatic carbocycles. The highest BCUT2D eigenvalue weighted by Crippen LogP contribution is 2.28. The molecule has 0 aliphatic heterocycles. The zero-order chi connectivity index (χ0) is 15.4. The van der Waals surface area contributed by atoms with Crippen LogP contribution in [0.2, 0.25) is 0 Å². The molecule has 0 fully saturated rings. The molecule has 0 saturated heterocycles. The van der Waals surface area contributed by atoms with Gasteiger partial charge in [0.05, 0.1) is 30.6 Å². The number of methoxy groups -OCH3 is 1. The van der Waals surface area contributed by atoms with Gasteiger partial charge in [-0.2, -0.15) is 0 Å². The van der Waals surface area contributed by atoms with Crippen molar-refractivity contribution < 1.29 is 4.74 Å². The van der Waals surface area contributed by atoms with Crippen molar-refractivity contribution in [3.05, 3.63) is 45.7 Å². The fourth-order valence-corrected chi connectivity index (χ4v) is 4.19. The number of aromatic nitrogens is 2. The van der Waals surface area contributed by atoms with Crippen LogP contribution >= 0.6 is 11.3 Å². The van der Waals surface area contributed by atoms with Gasteiger partial charge in [0.15, 0.2) is 0 Å². The van der Waals surface area contributed by atoms with E-state index in [1.807, 2.05) is 29.7 Å². The molecule has 5 heteroatoms. The molecule has 2 aromatic heterocycles. The molecule has 0 N–H and O–H groups in total. The van der Waals surface area contributed by atoms with Gasteiger partial charge in [-0.25, -0.2) is 4.98 Å². The largest absolute Gasteiger partial charge is 0.383 e. The van der Waals surface area contributed by atoms with Gasteiger partial charge in [-0.05, 0) is 44.9 Å². The second kappa shape index (κ2) is 7.31. The van der Waals surface area contributed by atoms with Crippen molar-refractivity contribution in [1.82, 2.24) is 14.9 Å². The molecule has 22 heavy (non-hydrogen) atoms. The Kier molecular flexibility index (Phi) is 5.18. The summed E-state index contributed by atoms with van der Waals surface area (Å²) in [7, 11) is 3.87. The number of nitrogens with zero attached hydrogens (tertiary/aromatic N) is 3. The number of fused-ring (bicyclic) bond motifs is 1. The minimum atomic E-state index is 0.159. The van der Waals surface area contributed by atoms with Crippen molar-refractivity contribution in [3.63, 3.8) is 0 Å². The summed E-state index contributed by atoms with van der Waals surface area (Å²) in [6.07, 6.45) is 6.79. The van der Waals surface area contributed by atoms with E-state index in [1.54, 1.807) is 7.11 Å². The lowest BCUT2D eigenvalue weighted by Crippen LogP contribution is -2.28. The van der Waals surface area contributed by atoms with Crippen LogP contribution in [0.15, 0.2) is 24.4 Å². The van der Waals surface area contributed by atoms with E-state index < -0.39 is 0 Å². The van der Waals surface area contributed by atoms with E-state index in [4.69, 9.17) is 9.72 Å². The Balaban J connectivity index is 1.73. The van der Waals surface area contributed by atoms with Gasteiger partial charge in [-0.3, -0.25) is 9.88 Å². The lowest BCUT2D eigenvalue weighted by Gasteiger charge is -2.26. The van der Waals surface area contributed by atoms with E-state index in [-0.39, 0.29) is 6.04 Å². The average Bonchev–Trinajstić information content (AvgIpc) is 2.95. The zero-order valence-corrected chi connectivity index (χ0v) is 14.1. The summed E-state index contributed by atoms with van der Waals surface area (Å²) in [5.74, 6) is 0. The number of hydrogen-bond donors (Lipinski definition) is 0. The highest BCUT2D eigenvalue weighted by Gasteiger charge is 2.21. The summed E-state index contributed by atoms with van der Waals surface area (Å²) in [6.45, 7) is 1.49. The molecule has 0 spiro atoms. The van der Waals surface area contributed by atoms with Crippen molar-refractivity contribution in [2.24, 2.45) is 0 Å². The van der Waals surface area contributed by atoms with Crippen LogP contribution in [0.4, 0.5) is 0 Å². The second-order valence-electron chi connectivity index (χ2n) is 5.83. The lowest BCUT2D eigenvalue weighted by molar-refractivity contribution is 0.0999. The lowest BCUT2D eigenvalue weighted by atomic mass is 10.0. The Hall–Kier alpha value is -1.30. The predicted octanol–water partition coefficient (Wildman–Crippen LogP) is 3.24. The van der Waals surface area contributed by atoms with Crippen molar-refractivity contribution in [1.29, 1.82) is 0 Å². The van der Waals surface area contributed by atoms with Crippen LogP contribution in [0.3, 0.4) is 0 Å². The van der Waals surface area contributed by atoms with Gasteiger partial charge < -0.3 is 4.74 Å². The molecule has 118 valence electrons. The Morgan fingerprint density at radius 1 is 1.32 bits per heavy atom. The van der Waals surface area contributed by atoms with Gasteiger partial charge in [0.1, 0.15) is 5.01 Å². The summed E-state index contributed by atoms with van der Waals surface area (Å²) < 4.78 is 5.40. The standard InChI is InChI=1S/C17H23N3OS/c1-20(15(12-21-2)13-7-5-6-10-18-13)11-17-19-14-8-3-4-9-16(14)22-17/h5-7,10,15H,3-4,8-9,11-12H2,1-2H3/t15-/m1/s1. The fourth-order valence-electron chi connectivity index (χ4n) is 2.97. The van der Waals surface area contributed by atoms with Crippen LogP contribution in [0.5, 0.6) is 0 Å². The molecule has 2 aromatic rings. The van der Waals surface area contributed by atoms with Gasteiger partial charge in [0, 0.05) is 18.2 Å². The number of ether oxygens (including phenoxy) is 1. The summed E-state index contributed by atoms with van der Waals surface area (Å²) in [4.78, 5) is 13.1. The summed E-state index contributed by atoms with van der Waals surface area (Å²) in [5, 5.41) is 1.21. The highest BCUT2D eigenvalue weighted by molar-refractivity contribution is 7.11. The normalized spacial score (nSPS) is 15.8. The molecule has 0 saturated carbocycles. The third-order valence-corrected chi connectivity index (χ3v) is 5.30. The molecule has 0 bridgehead atoms. The maximum Gasteiger partial charge on any atom is 0.107 e. The Labute approximate surface area is 136 Å². The van der Waals surface area contributed by atoms with E-state index in [0.29, 0.717) is 6.61 Å². The van der Waals surface area contributed by atoms with Gasteiger partial charge in [-0.15, -0.1) is 11.3 Å². The smallest absolute Gasteiger partial charge is 0.107 e. The highest BCUT2D eigenvalue weighted by atomic mass is 32.1. The van der Waals surface area contributed by atoms with Gasteiger partial charge >= 0.3 is 0 Å². The summed E-state index contributed by atoms with van der Waals surface area (Å²) in [5.41, 5.74) is 2.38. The van der Waals surface area contributed by atoms with Crippen molar-refractivity contribution >= 4 is 11.3 Å². The number of rotatable bonds is 6. The van der Waals surface area contributed by atoms with Crippen LogP contribution in [-0.4, -0.2) is 35.6 Å². The molecule has 0 unspecified atom stereocenters. The third kappa shape index (κ3) is 3.54. The number of hydrogen-bond acceptors (Lipinski definition) is 5. The first-order valence-electron chi connectivity index (χ1n) is 7.85. The zero-order valence-electron chi connectivity index (χ0n) is 13.3. The summed E-state index contributed by atoms with van der Waals surface area (Å²) in [6, 6.07) is 6.20. The van der Waals surface area contributed by atoms with Crippen molar-refractivity contribution in [2.75, 3.05) is 20.8 Å². The van der Waals surface area contributed by atoms with E-state index in [2.05, 4.69) is 23.0 Å². The fraction of sp³-hybridized carbons (Fsp3) is 0.529. The maximum absolute atomic E-state index is 5.40. The first kappa shape index (κ1) is 15.6. The van der Waals surface area contributed by atoms with E-state index >= 15 is 0 Å². The van der Waals surface area contributed by atoms with E-state index in [9.17, 15) is 0 Å². The second-order valence-corrected chi connectivity index (χ2v) is 6.99. The molecule has 1 atom stereocenters. The minimum Gasteiger partial charge on any atom is -0.383 e. The van der Waals surface area contributed by atoms with Gasteiger partial charge in [-0.1, -0.05) is 6.07 Å². The molecule has 0 radical (unpaired) electrons. The number of pyridine rings is 1. The van der Waals surface area contributed by atoms with Crippen LogP contribution in [-0.2, 0) is 24.1 Å². The topological polar surface area (TPSA) is 38.2 Å². The molecule has 4 nitrogen and oxygen atoms in total. The Morgan fingerprint density at radius 2 is 2.18 bits per heavy atom. The van der Waals surface area contributed by atoms with Crippen LogP contribution in [0, 0.1) is 0 Å². The average molecular weight is 317 g/mol. The molecule has 0 amide bonds. The number of aryl methyl sites for hydroxylation is 2. The van der Waals surface area contributed by atoms with Gasteiger partial charge in [0.25, 0.3) is 0 Å². The monoisotopic (exact) mass is 317 g/mol. The van der Waals surface area contributed by atoms with Crippen molar-refractivity contribution in [2.45, 2.75) is 38.3 Å². The SMILES string of the molecule is COC[C@H](c1ccccn1)N(C)Cc1nc2c(s1)CCCC2. The summed E-state index contributed by atoms with van der Waals surface area (Å²) >= 11 is 1.88.